The lowest BCUT2D eigenvalue weighted by atomic mass is 10.2. The van der Waals surface area contributed by atoms with Crippen LogP contribution >= 0.6 is 27.3 Å². The van der Waals surface area contributed by atoms with Crippen LogP contribution in [0.4, 0.5) is 10.7 Å². The van der Waals surface area contributed by atoms with Crippen molar-refractivity contribution in [3.05, 3.63) is 21.1 Å². The summed E-state index contributed by atoms with van der Waals surface area (Å²) in [6, 6.07) is 1.91. The van der Waals surface area contributed by atoms with Gasteiger partial charge in [-0.1, -0.05) is 27.3 Å². The summed E-state index contributed by atoms with van der Waals surface area (Å²) >= 11 is 4.57. The van der Waals surface area contributed by atoms with Crippen molar-refractivity contribution in [2.45, 2.75) is 11.8 Å². The zero-order chi connectivity index (χ0) is 10.1. The van der Waals surface area contributed by atoms with Crippen LogP contribution in [0.1, 0.15) is 11.3 Å². The molecule has 0 unspecified atom stereocenters. The van der Waals surface area contributed by atoms with E-state index in [0.29, 0.717) is 5.33 Å². The molecule has 1 aromatic rings. The number of hydrogen-bond donors (Lipinski definition) is 0. The fourth-order valence-corrected chi connectivity index (χ4v) is 2.75. The highest BCUT2D eigenvalue weighted by molar-refractivity contribution is 9.08. The summed E-state index contributed by atoms with van der Waals surface area (Å²) in [5.74, 6) is 0. The van der Waals surface area contributed by atoms with Gasteiger partial charge in [0.2, 0.25) is 0 Å². The number of rotatable bonds is 3. The van der Waals surface area contributed by atoms with E-state index in [1.807, 2.05) is 6.07 Å². The average molecular weight is 277 g/mol. The van der Waals surface area contributed by atoms with Crippen LogP contribution in [0.3, 0.4) is 0 Å². The molecule has 0 bridgehead atoms. The van der Waals surface area contributed by atoms with Crippen LogP contribution in [0.15, 0.2) is 6.07 Å². The van der Waals surface area contributed by atoms with Crippen LogP contribution in [0, 0.1) is 10.1 Å². The van der Waals surface area contributed by atoms with Gasteiger partial charge in [0.1, 0.15) is 5.69 Å². The Kier molecular flexibility index (Phi) is 2.73. The van der Waals surface area contributed by atoms with E-state index in [0.717, 1.165) is 30.1 Å². The predicted octanol–water partition coefficient (Wildman–Crippen LogP) is 2.76. The molecule has 2 rings (SSSR count). The van der Waals surface area contributed by atoms with E-state index in [4.69, 9.17) is 0 Å². The summed E-state index contributed by atoms with van der Waals surface area (Å²) in [5.41, 5.74) is 0.792. The molecule has 4 nitrogen and oxygen atoms in total. The predicted molar refractivity (Wildman–Crippen MR) is 60.4 cm³/mol. The standard InChI is InChI=1S/C8H9BrN2O2S/c9-5-6-4-7(10-2-1-3-10)8(14-6)11(12)13/h4H,1-3,5H2. The summed E-state index contributed by atoms with van der Waals surface area (Å²) in [6.45, 7) is 1.89. The van der Waals surface area contributed by atoms with E-state index in [-0.39, 0.29) is 9.92 Å². The van der Waals surface area contributed by atoms with Crippen LogP contribution in [-0.4, -0.2) is 18.0 Å². The molecule has 0 radical (unpaired) electrons. The van der Waals surface area contributed by atoms with E-state index in [2.05, 4.69) is 20.8 Å². The third kappa shape index (κ3) is 1.64. The highest BCUT2D eigenvalue weighted by atomic mass is 79.9. The van der Waals surface area contributed by atoms with Crippen molar-refractivity contribution in [2.75, 3.05) is 18.0 Å². The van der Waals surface area contributed by atoms with Gasteiger partial charge >= 0.3 is 5.00 Å². The first kappa shape index (κ1) is 9.92. The van der Waals surface area contributed by atoms with Gasteiger partial charge in [-0.05, 0) is 12.5 Å². The molecule has 1 aromatic heterocycles. The maximum Gasteiger partial charge on any atom is 0.347 e. The third-order valence-corrected chi connectivity index (χ3v) is 4.29. The van der Waals surface area contributed by atoms with Crippen molar-refractivity contribution in [1.82, 2.24) is 0 Å². The fraction of sp³-hybridized carbons (Fsp3) is 0.500. The van der Waals surface area contributed by atoms with Crippen LogP contribution < -0.4 is 4.90 Å². The number of anilines is 1. The van der Waals surface area contributed by atoms with E-state index in [9.17, 15) is 10.1 Å². The summed E-state index contributed by atoms with van der Waals surface area (Å²) in [4.78, 5) is 13.6. The molecule has 0 N–H and O–H groups in total. The Morgan fingerprint density at radius 2 is 2.36 bits per heavy atom. The van der Waals surface area contributed by atoms with Gasteiger partial charge in [-0.3, -0.25) is 10.1 Å². The maximum absolute atomic E-state index is 10.8. The van der Waals surface area contributed by atoms with Gasteiger partial charge in [-0.2, -0.15) is 0 Å². The minimum absolute atomic E-state index is 0.277. The molecule has 1 aliphatic heterocycles. The van der Waals surface area contributed by atoms with Crippen molar-refractivity contribution < 1.29 is 4.92 Å². The molecule has 1 saturated heterocycles. The molecule has 14 heavy (non-hydrogen) atoms. The highest BCUT2D eigenvalue weighted by Crippen LogP contribution is 2.39. The Morgan fingerprint density at radius 1 is 1.64 bits per heavy atom. The third-order valence-electron chi connectivity index (χ3n) is 2.24. The van der Waals surface area contributed by atoms with Crippen LogP contribution in [0.5, 0.6) is 0 Å². The Hall–Kier alpha value is -0.620. The summed E-state index contributed by atoms with van der Waals surface area (Å²) < 4.78 is 0. The van der Waals surface area contributed by atoms with Gasteiger partial charge in [0.25, 0.3) is 0 Å². The maximum atomic E-state index is 10.8. The smallest absolute Gasteiger partial charge is 0.347 e. The van der Waals surface area contributed by atoms with Crippen molar-refractivity contribution in [3.8, 4) is 0 Å². The highest BCUT2D eigenvalue weighted by Gasteiger charge is 2.26. The Balaban J connectivity index is 2.34. The lowest BCUT2D eigenvalue weighted by Gasteiger charge is -2.31. The Bertz CT molecular complexity index is 362. The minimum atomic E-state index is -0.287. The molecule has 0 spiro atoms. The molecule has 6 heteroatoms. The van der Waals surface area contributed by atoms with Gasteiger partial charge in [-0.25, -0.2) is 0 Å². The first-order chi connectivity index (χ1) is 6.72. The Morgan fingerprint density at radius 3 is 2.79 bits per heavy atom. The van der Waals surface area contributed by atoms with Gasteiger partial charge < -0.3 is 4.90 Å². The summed E-state index contributed by atoms with van der Waals surface area (Å²) in [7, 11) is 0. The number of halogens is 1. The van der Waals surface area contributed by atoms with Crippen LogP contribution in [0.25, 0.3) is 0 Å². The molecular weight excluding hydrogens is 268 g/mol. The molecule has 0 saturated carbocycles. The second-order valence-electron chi connectivity index (χ2n) is 3.13. The van der Waals surface area contributed by atoms with E-state index in [1.165, 1.54) is 11.3 Å². The largest absolute Gasteiger partial charge is 0.365 e. The molecule has 0 aliphatic carbocycles. The molecule has 0 atom stereocenters. The van der Waals surface area contributed by atoms with Gasteiger partial charge in [-0.15, -0.1) is 0 Å². The average Bonchev–Trinajstić information content (AvgIpc) is 2.45. The fourth-order valence-electron chi connectivity index (χ4n) is 1.40. The van der Waals surface area contributed by atoms with Gasteiger partial charge in [0.15, 0.2) is 0 Å². The zero-order valence-corrected chi connectivity index (χ0v) is 9.81. The van der Waals surface area contributed by atoms with E-state index >= 15 is 0 Å². The van der Waals surface area contributed by atoms with Gasteiger partial charge in [0, 0.05) is 23.3 Å². The van der Waals surface area contributed by atoms with Crippen molar-refractivity contribution >= 4 is 38.0 Å². The van der Waals surface area contributed by atoms with Crippen molar-refractivity contribution in [2.24, 2.45) is 0 Å². The monoisotopic (exact) mass is 276 g/mol. The molecular formula is C8H9BrN2O2S. The molecule has 1 aliphatic rings. The van der Waals surface area contributed by atoms with Crippen molar-refractivity contribution in [1.29, 1.82) is 0 Å². The number of alkyl halides is 1. The topological polar surface area (TPSA) is 46.4 Å². The number of nitrogens with zero attached hydrogens (tertiary/aromatic N) is 2. The minimum Gasteiger partial charge on any atom is -0.365 e. The quantitative estimate of drug-likeness (QED) is 0.485. The van der Waals surface area contributed by atoms with Gasteiger partial charge in [0.05, 0.1) is 4.92 Å². The SMILES string of the molecule is O=[N+]([O-])c1sc(CBr)cc1N1CCC1. The number of nitro groups is 1. The summed E-state index contributed by atoms with van der Waals surface area (Å²) in [6.07, 6.45) is 1.14. The van der Waals surface area contributed by atoms with E-state index in [1.54, 1.807) is 0 Å². The summed E-state index contributed by atoms with van der Waals surface area (Å²) in [5, 5.41) is 11.7. The van der Waals surface area contributed by atoms with Crippen LogP contribution in [0.2, 0.25) is 0 Å². The normalized spacial score (nSPS) is 15.4. The first-order valence-electron chi connectivity index (χ1n) is 4.30. The lowest BCUT2D eigenvalue weighted by molar-refractivity contribution is -0.379. The Labute approximate surface area is 93.8 Å². The number of hydrogen-bond acceptors (Lipinski definition) is 4. The second kappa shape index (κ2) is 3.86. The lowest BCUT2D eigenvalue weighted by Crippen LogP contribution is -2.36. The first-order valence-corrected chi connectivity index (χ1v) is 6.24. The van der Waals surface area contributed by atoms with E-state index < -0.39 is 0 Å². The van der Waals surface area contributed by atoms with Crippen molar-refractivity contribution in [3.63, 3.8) is 0 Å². The molecule has 1 fully saturated rings. The molecule has 0 aromatic carbocycles. The molecule has 76 valence electrons. The molecule has 0 amide bonds. The zero-order valence-electron chi connectivity index (χ0n) is 7.40. The number of thiophene rings is 1. The molecule has 2 heterocycles. The van der Waals surface area contributed by atoms with Crippen LogP contribution in [-0.2, 0) is 5.33 Å². The second-order valence-corrected chi connectivity index (χ2v) is 4.81.